The van der Waals surface area contributed by atoms with Crippen molar-refractivity contribution >= 4 is 28.5 Å². The minimum atomic E-state index is -1.19. The molecule has 8 nitrogen and oxygen atoms in total. The fourth-order valence-corrected chi connectivity index (χ4v) is 3.64. The van der Waals surface area contributed by atoms with E-state index in [1.54, 1.807) is 11.8 Å². The van der Waals surface area contributed by atoms with E-state index in [0.717, 1.165) is 11.3 Å². The predicted octanol–water partition coefficient (Wildman–Crippen LogP) is 1.52. The first-order valence-electron chi connectivity index (χ1n) is 7.04. The molecule has 3 heterocycles. The molecule has 2 N–H and O–H groups in total. The van der Waals surface area contributed by atoms with Crippen LogP contribution in [0.1, 0.15) is 28.2 Å². The summed E-state index contributed by atoms with van der Waals surface area (Å²) in [5, 5.41) is 11.1. The molecule has 2 saturated heterocycles. The predicted molar refractivity (Wildman–Crippen MR) is 78.3 cm³/mol. The number of carboxylic acid groups (broad SMARTS) is 1. The standard InChI is InChI=1S/C13H17N3O5S/c1-8-9(22-11(14-8)15-12(18)19)10(17)16-4-2-13(3-5-16)20-6-7-21-13/h2-7H2,1H3,(H,14,15)(H,18,19). The van der Waals surface area contributed by atoms with Crippen molar-refractivity contribution in [1.29, 1.82) is 0 Å². The number of anilines is 1. The number of carbonyl (C=O) groups excluding carboxylic acids is 1. The zero-order chi connectivity index (χ0) is 15.7. The third-order valence-electron chi connectivity index (χ3n) is 3.83. The van der Waals surface area contributed by atoms with Crippen molar-refractivity contribution in [2.24, 2.45) is 0 Å². The third kappa shape index (κ3) is 2.92. The maximum absolute atomic E-state index is 12.6. The van der Waals surface area contributed by atoms with Crippen LogP contribution in [0.4, 0.5) is 9.93 Å². The molecule has 0 saturated carbocycles. The molecule has 1 aromatic rings. The van der Waals surface area contributed by atoms with E-state index in [1.807, 2.05) is 0 Å². The Kier molecular flexibility index (Phi) is 4.02. The number of hydrogen-bond donors (Lipinski definition) is 2. The summed E-state index contributed by atoms with van der Waals surface area (Å²) in [6, 6.07) is 0. The van der Waals surface area contributed by atoms with Gasteiger partial charge in [0.2, 0.25) is 0 Å². The van der Waals surface area contributed by atoms with E-state index < -0.39 is 11.9 Å². The van der Waals surface area contributed by atoms with Gasteiger partial charge in [0.25, 0.3) is 5.91 Å². The molecule has 0 aliphatic carbocycles. The number of amides is 2. The van der Waals surface area contributed by atoms with Crippen LogP contribution in [0.2, 0.25) is 0 Å². The Morgan fingerprint density at radius 2 is 1.95 bits per heavy atom. The second-order valence-corrected chi connectivity index (χ2v) is 6.26. The number of rotatable bonds is 2. The molecule has 0 unspecified atom stereocenters. The maximum Gasteiger partial charge on any atom is 0.410 e. The van der Waals surface area contributed by atoms with Crippen LogP contribution < -0.4 is 5.32 Å². The normalized spacial score (nSPS) is 20.3. The summed E-state index contributed by atoms with van der Waals surface area (Å²) >= 11 is 1.06. The Bertz CT molecular complexity index is 586. The summed E-state index contributed by atoms with van der Waals surface area (Å²) in [5.74, 6) is -0.642. The van der Waals surface area contributed by atoms with Crippen LogP contribution in [0.3, 0.4) is 0 Å². The summed E-state index contributed by atoms with van der Waals surface area (Å²) < 4.78 is 11.3. The quantitative estimate of drug-likeness (QED) is 0.854. The van der Waals surface area contributed by atoms with E-state index in [1.165, 1.54) is 0 Å². The number of aryl methyl sites for hydroxylation is 1. The largest absolute Gasteiger partial charge is 0.465 e. The molecule has 0 bridgehead atoms. The van der Waals surface area contributed by atoms with Crippen molar-refractivity contribution in [2.75, 3.05) is 31.6 Å². The van der Waals surface area contributed by atoms with Crippen molar-refractivity contribution in [3.05, 3.63) is 10.6 Å². The lowest BCUT2D eigenvalue weighted by atomic mass is 10.0. The van der Waals surface area contributed by atoms with Crippen molar-refractivity contribution in [2.45, 2.75) is 25.6 Å². The molecule has 0 radical (unpaired) electrons. The van der Waals surface area contributed by atoms with Crippen LogP contribution in [-0.4, -0.2) is 59.1 Å². The van der Waals surface area contributed by atoms with E-state index in [9.17, 15) is 9.59 Å². The summed E-state index contributed by atoms with van der Waals surface area (Å²) in [7, 11) is 0. The Hall–Kier alpha value is -1.71. The minimum Gasteiger partial charge on any atom is -0.465 e. The van der Waals surface area contributed by atoms with Gasteiger partial charge in [-0.1, -0.05) is 11.3 Å². The molecule has 1 spiro atoms. The number of nitrogens with one attached hydrogen (secondary N) is 1. The van der Waals surface area contributed by atoms with Gasteiger partial charge in [0.1, 0.15) is 4.88 Å². The monoisotopic (exact) mass is 327 g/mol. The van der Waals surface area contributed by atoms with Crippen LogP contribution in [0.15, 0.2) is 0 Å². The molecule has 1 aromatic heterocycles. The van der Waals surface area contributed by atoms with Gasteiger partial charge in [0.15, 0.2) is 10.9 Å². The molecular weight excluding hydrogens is 310 g/mol. The molecule has 0 atom stereocenters. The number of nitrogens with zero attached hydrogens (tertiary/aromatic N) is 2. The summed E-state index contributed by atoms with van der Waals surface area (Å²) in [6.45, 7) is 4.01. The second-order valence-electron chi connectivity index (χ2n) is 5.26. The van der Waals surface area contributed by atoms with Crippen LogP contribution in [0, 0.1) is 6.92 Å². The molecule has 2 amide bonds. The highest BCUT2D eigenvalue weighted by Gasteiger charge is 2.41. The summed E-state index contributed by atoms with van der Waals surface area (Å²) in [5.41, 5.74) is 0.535. The fraction of sp³-hybridized carbons (Fsp3) is 0.615. The fourth-order valence-electron chi connectivity index (χ4n) is 2.72. The van der Waals surface area contributed by atoms with Crippen LogP contribution >= 0.6 is 11.3 Å². The number of thiazole rings is 1. The maximum atomic E-state index is 12.6. The number of ether oxygens (including phenoxy) is 2. The zero-order valence-corrected chi connectivity index (χ0v) is 12.9. The van der Waals surface area contributed by atoms with Gasteiger partial charge < -0.3 is 19.5 Å². The third-order valence-corrected chi connectivity index (χ3v) is 4.89. The first-order chi connectivity index (χ1) is 10.5. The van der Waals surface area contributed by atoms with E-state index in [4.69, 9.17) is 14.6 Å². The second kappa shape index (κ2) is 5.82. The van der Waals surface area contributed by atoms with Gasteiger partial charge in [0, 0.05) is 25.9 Å². The first-order valence-corrected chi connectivity index (χ1v) is 7.85. The molecule has 0 aromatic carbocycles. The van der Waals surface area contributed by atoms with Gasteiger partial charge >= 0.3 is 6.09 Å². The van der Waals surface area contributed by atoms with Crippen molar-refractivity contribution in [3.8, 4) is 0 Å². The average molecular weight is 327 g/mol. The summed E-state index contributed by atoms with van der Waals surface area (Å²) in [4.78, 5) is 29.5. The Balaban J connectivity index is 1.67. The van der Waals surface area contributed by atoms with Gasteiger partial charge in [0.05, 0.1) is 18.9 Å². The molecular formula is C13H17N3O5S. The minimum absolute atomic E-state index is 0.124. The lowest BCUT2D eigenvalue weighted by Gasteiger charge is -2.37. The van der Waals surface area contributed by atoms with Gasteiger partial charge in [-0.15, -0.1) is 0 Å². The molecule has 2 aliphatic rings. The van der Waals surface area contributed by atoms with Gasteiger partial charge in [-0.2, -0.15) is 0 Å². The Labute approximate surface area is 131 Å². The lowest BCUT2D eigenvalue weighted by Crippen LogP contribution is -2.47. The molecule has 2 aliphatic heterocycles. The summed E-state index contributed by atoms with van der Waals surface area (Å²) in [6.07, 6.45) is 0.108. The van der Waals surface area contributed by atoms with Gasteiger partial charge in [-0.3, -0.25) is 10.1 Å². The van der Waals surface area contributed by atoms with E-state index >= 15 is 0 Å². The number of likely N-dealkylation sites (tertiary alicyclic amines) is 1. The van der Waals surface area contributed by atoms with Gasteiger partial charge in [-0.25, -0.2) is 9.78 Å². The molecule has 22 heavy (non-hydrogen) atoms. The lowest BCUT2D eigenvalue weighted by molar-refractivity contribution is -0.181. The number of carbonyl (C=O) groups is 2. The SMILES string of the molecule is Cc1nc(NC(=O)O)sc1C(=O)N1CCC2(CC1)OCCO2. The topological polar surface area (TPSA) is 101 Å². The smallest absolute Gasteiger partial charge is 0.410 e. The van der Waals surface area contributed by atoms with Crippen LogP contribution in [0.5, 0.6) is 0 Å². The highest BCUT2D eigenvalue weighted by atomic mass is 32.1. The van der Waals surface area contributed by atoms with Gasteiger partial charge in [-0.05, 0) is 6.92 Å². The number of aromatic nitrogens is 1. The Morgan fingerprint density at radius 3 is 2.55 bits per heavy atom. The molecule has 3 rings (SSSR count). The van der Waals surface area contributed by atoms with Crippen molar-refractivity contribution in [3.63, 3.8) is 0 Å². The first kappa shape index (κ1) is 15.2. The van der Waals surface area contributed by atoms with E-state index in [-0.39, 0.29) is 11.0 Å². The van der Waals surface area contributed by atoms with Crippen LogP contribution in [0.25, 0.3) is 0 Å². The average Bonchev–Trinajstić information content (AvgIpc) is 3.06. The number of hydrogen-bond acceptors (Lipinski definition) is 6. The highest BCUT2D eigenvalue weighted by molar-refractivity contribution is 7.17. The molecule has 9 heteroatoms. The van der Waals surface area contributed by atoms with E-state index in [2.05, 4.69) is 10.3 Å². The van der Waals surface area contributed by atoms with E-state index in [0.29, 0.717) is 49.7 Å². The van der Waals surface area contributed by atoms with Crippen LogP contribution in [-0.2, 0) is 9.47 Å². The Morgan fingerprint density at radius 1 is 1.32 bits per heavy atom. The molecule has 2 fully saturated rings. The highest BCUT2D eigenvalue weighted by Crippen LogP contribution is 2.33. The zero-order valence-electron chi connectivity index (χ0n) is 12.1. The molecule has 120 valence electrons. The van der Waals surface area contributed by atoms with Crippen molar-refractivity contribution < 1.29 is 24.2 Å². The van der Waals surface area contributed by atoms with Crippen molar-refractivity contribution in [1.82, 2.24) is 9.88 Å². The number of piperidine rings is 1.